The Morgan fingerprint density at radius 1 is 0.507 bits per heavy atom. The Labute approximate surface area is 425 Å². The summed E-state index contributed by atoms with van der Waals surface area (Å²) in [6, 6.07) is 44.3. The minimum atomic E-state index is -0.0844. The van der Waals surface area contributed by atoms with E-state index in [1.54, 1.807) is 5.56 Å². The van der Waals surface area contributed by atoms with Crippen molar-refractivity contribution in [1.82, 2.24) is 9.13 Å². The molecule has 3 aliphatic heterocycles. The van der Waals surface area contributed by atoms with Gasteiger partial charge in [0.15, 0.2) is 0 Å². The molecule has 71 heavy (non-hydrogen) atoms. The molecule has 6 heterocycles. The quantitative estimate of drug-likeness (QED) is 0.149. The van der Waals surface area contributed by atoms with Gasteiger partial charge in [-0.15, -0.1) is 11.3 Å². The smallest absolute Gasteiger partial charge is 0.328 e. The van der Waals surface area contributed by atoms with Gasteiger partial charge in [0, 0.05) is 75.3 Å². The van der Waals surface area contributed by atoms with Crippen molar-refractivity contribution in [2.24, 2.45) is 0 Å². The molecule has 0 amide bonds. The summed E-state index contributed by atoms with van der Waals surface area (Å²) in [6.45, 7) is 33.9. The molecule has 356 valence electrons. The molecule has 0 spiro atoms. The van der Waals surface area contributed by atoms with Crippen LogP contribution in [-0.4, -0.2) is 21.5 Å². The van der Waals surface area contributed by atoms with Crippen molar-refractivity contribution in [3.8, 4) is 22.5 Å². The molecule has 5 heteroatoms. The monoisotopic (exact) mass is 946 g/mol. The van der Waals surface area contributed by atoms with Gasteiger partial charge in [-0.2, -0.15) is 0 Å². The maximum Gasteiger partial charge on any atom is 0.328 e. The summed E-state index contributed by atoms with van der Waals surface area (Å²) in [5.74, 6) is 0. The third kappa shape index (κ3) is 5.63. The Kier molecular flexibility index (Phi) is 8.44. The predicted octanol–water partition coefficient (Wildman–Crippen LogP) is 16.9. The zero-order valence-corrected chi connectivity index (χ0v) is 45.4. The largest absolute Gasteiger partial charge is 0.400 e. The standard InChI is InChI=1S/C66H68BN3S/c1-61(2,3)37-21-24-41(25-22-37)68-50-26-23-38(62(4,5)6)29-43(50)44-34-52-45(35-51(44)68)47-31-39(63(7,8)9)32-49-59(47)69(52)53-33-40(64(10,11)12)30-46-48-36-55-56(42-19-15-16-20-54(42)71-55)57-60(48)70(67(49)58(46)53)66(14)28-18-17-27-65(57,66)13/h15-16,19-26,29-36H,17-18,27-28H2,1-14H3. The SMILES string of the molecule is CC(C)(C)c1ccc(-n2c3ccc(C(C)(C)C)cc3c3cc4c(cc32)c2cc(C(C)(C)C)cc3c2n4-c2cc(C(C)(C)C)cc4c2B3N2c3c-4cc4sc5ccccc5c4c3C3(C)CCCCC23C)cc1. The minimum Gasteiger partial charge on any atom is -0.400 e. The molecule has 7 aromatic carbocycles. The van der Waals surface area contributed by atoms with Crippen molar-refractivity contribution in [1.29, 1.82) is 0 Å². The van der Waals surface area contributed by atoms with Crippen molar-refractivity contribution >= 4 is 98.6 Å². The van der Waals surface area contributed by atoms with Crippen LogP contribution in [0.3, 0.4) is 0 Å². The lowest BCUT2D eigenvalue weighted by Crippen LogP contribution is -2.70. The van der Waals surface area contributed by atoms with Gasteiger partial charge < -0.3 is 13.9 Å². The van der Waals surface area contributed by atoms with Crippen LogP contribution in [0.15, 0.2) is 109 Å². The summed E-state index contributed by atoms with van der Waals surface area (Å²) in [5.41, 5.74) is 22.1. The van der Waals surface area contributed by atoms with Crippen LogP contribution in [-0.2, 0) is 27.1 Å². The first-order valence-corrected chi connectivity index (χ1v) is 27.5. The van der Waals surface area contributed by atoms with Crippen LogP contribution in [0, 0.1) is 0 Å². The van der Waals surface area contributed by atoms with E-state index in [-0.39, 0.29) is 39.5 Å². The zero-order valence-electron chi connectivity index (χ0n) is 44.5. The lowest BCUT2D eigenvalue weighted by atomic mass is 9.42. The highest BCUT2D eigenvalue weighted by molar-refractivity contribution is 7.26. The van der Waals surface area contributed by atoms with Crippen LogP contribution in [0.4, 0.5) is 5.69 Å². The maximum absolute atomic E-state index is 3.06. The average Bonchev–Trinajstić information content (AvgIpc) is 4.00. The lowest BCUT2D eigenvalue weighted by Gasteiger charge is -2.54. The normalized spacial score (nSPS) is 19.8. The van der Waals surface area contributed by atoms with E-state index in [9.17, 15) is 0 Å². The fourth-order valence-electron chi connectivity index (χ4n) is 14.4. The van der Waals surface area contributed by atoms with Gasteiger partial charge in [0.05, 0.1) is 22.1 Å². The first-order valence-electron chi connectivity index (χ1n) is 26.7. The predicted molar refractivity (Wildman–Crippen MR) is 310 cm³/mol. The number of aromatic nitrogens is 2. The van der Waals surface area contributed by atoms with Crippen molar-refractivity contribution in [2.45, 2.75) is 155 Å². The van der Waals surface area contributed by atoms with Crippen LogP contribution < -0.4 is 15.7 Å². The molecule has 2 atom stereocenters. The summed E-state index contributed by atoms with van der Waals surface area (Å²) in [4.78, 5) is 3.06. The molecule has 1 fully saturated rings. The van der Waals surface area contributed by atoms with Crippen molar-refractivity contribution < 1.29 is 0 Å². The molecule has 2 unspecified atom stereocenters. The molecule has 0 radical (unpaired) electrons. The fraction of sp³-hybridized carbons (Fsp3) is 0.364. The van der Waals surface area contributed by atoms with E-state index in [1.165, 1.54) is 151 Å². The first kappa shape index (κ1) is 44.0. The Balaban J connectivity index is 1.17. The van der Waals surface area contributed by atoms with E-state index in [0.29, 0.717) is 0 Å². The third-order valence-electron chi connectivity index (χ3n) is 18.6. The van der Waals surface area contributed by atoms with Crippen LogP contribution in [0.2, 0.25) is 0 Å². The highest BCUT2D eigenvalue weighted by Crippen LogP contribution is 2.65. The van der Waals surface area contributed by atoms with E-state index in [0.717, 1.165) is 0 Å². The Morgan fingerprint density at radius 3 is 1.82 bits per heavy atom. The highest BCUT2D eigenvalue weighted by atomic mass is 32.1. The molecule has 3 aromatic heterocycles. The first-order chi connectivity index (χ1) is 33.5. The topological polar surface area (TPSA) is 13.1 Å². The van der Waals surface area contributed by atoms with Crippen LogP contribution in [0.1, 0.15) is 150 Å². The summed E-state index contributed by atoms with van der Waals surface area (Å²) in [6.07, 6.45) is 4.91. The summed E-state index contributed by atoms with van der Waals surface area (Å²) < 4.78 is 8.15. The highest BCUT2D eigenvalue weighted by Gasteiger charge is 2.63. The van der Waals surface area contributed by atoms with E-state index in [2.05, 4.69) is 220 Å². The van der Waals surface area contributed by atoms with Crippen molar-refractivity contribution in [2.75, 3.05) is 4.81 Å². The average molecular weight is 946 g/mol. The summed E-state index contributed by atoms with van der Waals surface area (Å²) in [5, 5.41) is 8.27. The molecule has 4 aliphatic rings. The molecular weight excluding hydrogens is 878 g/mol. The number of nitrogens with zero attached hydrogens (tertiary/aromatic N) is 3. The number of hydrogen-bond acceptors (Lipinski definition) is 2. The second kappa shape index (κ2) is 13.6. The minimum absolute atomic E-state index is 0.00866. The van der Waals surface area contributed by atoms with Gasteiger partial charge in [0.2, 0.25) is 0 Å². The van der Waals surface area contributed by atoms with Gasteiger partial charge >= 0.3 is 6.85 Å². The Morgan fingerprint density at radius 2 is 1.11 bits per heavy atom. The number of rotatable bonds is 1. The maximum atomic E-state index is 3.06. The van der Waals surface area contributed by atoms with E-state index >= 15 is 0 Å². The zero-order chi connectivity index (χ0) is 49.4. The number of hydrogen-bond donors (Lipinski definition) is 0. The second-order valence-corrected chi connectivity index (χ2v) is 28.0. The summed E-state index contributed by atoms with van der Waals surface area (Å²) >= 11 is 2.00. The van der Waals surface area contributed by atoms with E-state index < -0.39 is 0 Å². The van der Waals surface area contributed by atoms with Gasteiger partial charge in [-0.05, 0) is 146 Å². The fourth-order valence-corrected chi connectivity index (χ4v) is 15.6. The molecule has 10 aromatic rings. The molecule has 1 saturated carbocycles. The molecular formula is C66H68BN3S. The lowest BCUT2D eigenvalue weighted by molar-refractivity contribution is 0.200. The molecule has 3 nitrogen and oxygen atoms in total. The Bertz CT molecular complexity index is 4020. The number of anilines is 1. The molecule has 1 aliphatic carbocycles. The van der Waals surface area contributed by atoms with Crippen molar-refractivity contribution in [3.63, 3.8) is 0 Å². The summed E-state index contributed by atoms with van der Waals surface area (Å²) in [7, 11) is 0. The van der Waals surface area contributed by atoms with Gasteiger partial charge in [-0.25, -0.2) is 0 Å². The molecule has 0 N–H and O–H groups in total. The van der Waals surface area contributed by atoms with Crippen LogP contribution >= 0.6 is 11.3 Å². The van der Waals surface area contributed by atoms with Crippen molar-refractivity contribution in [3.05, 3.63) is 137 Å². The third-order valence-corrected chi connectivity index (χ3v) is 19.7. The van der Waals surface area contributed by atoms with Gasteiger partial charge in [-0.1, -0.05) is 151 Å². The van der Waals surface area contributed by atoms with Crippen LogP contribution in [0.5, 0.6) is 0 Å². The van der Waals surface area contributed by atoms with E-state index in [1.807, 2.05) is 11.3 Å². The molecule has 14 rings (SSSR count). The Hall–Kier alpha value is -5.78. The van der Waals surface area contributed by atoms with E-state index in [4.69, 9.17) is 0 Å². The molecule has 0 saturated heterocycles. The number of thiophene rings is 1. The molecule has 0 bridgehead atoms. The van der Waals surface area contributed by atoms with Gasteiger partial charge in [0.25, 0.3) is 0 Å². The second-order valence-electron chi connectivity index (χ2n) is 27.0. The van der Waals surface area contributed by atoms with Gasteiger partial charge in [-0.3, -0.25) is 0 Å². The number of benzene rings is 7. The van der Waals surface area contributed by atoms with Crippen LogP contribution in [0.25, 0.3) is 86.3 Å². The van der Waals surface area contributed by atoms with Gasteiger partial charge in [0.1, 0.15) is 0 Å². The number of fused-ring (bicyclic) bond motifs is 17.